The van der Waals surface area contributed by atoms with Gasteiger partial charge in [0.05, 0.1) is 35.0 Å². The van der Waals surface area contributed by atoms with Crippen molar-refractivity contribution in [2.75, 3.05) is 29.5 Å². The maximum atomic E-state index is 14.0. The van der Waals surface area contributed by atoms with Crippen LogP contribution in [0.3, 0.4) is 0 Å². The number of fused-ring (bicyclic) bond motifs is 2. The van der Waals surface area contributed by atoms with Crippen LogP contribution in [0.1, 0.15) is 66.9 Å². The number of ether oxygens (including phenoxy) is 2. The second kappa shape index (κ2) is 11.5. The van der Waals surface area contributed by atoms with E-state index in [-0.39, 0.29) is 17.5 Å². The second-order valence-corrected chi connectivity index (χ2v) is 14.0. The number of benzene rings is 1. The van der Waals surface area contributed by atoms with Crippen molar-refractivity contribution in [1.82, 2.24) is 19.5 Å². The normalized spacial score (nSPS) is 19.0. The zero-order valence-electron chi connectivity index (χ0n) is 25.9. The van der Waals surface area contributed by atoms with E-state index >= 15 is 0 Å². The van der Waals surface area contributed by atoms with Gasteiger partial charge in [-0.25, -0.2) is 19.5 Å². The fraction of sp³-hybridized carbons (Fsp3) is 0.548. The van der Waals surface area contributed by atoms with Gasteiger partial charge in [-0.1, -0.05) is 20.8 Å². The summed E-state index contributed by atoms with van der Waals surface area (Å²) in [5, 5.41) is 14.8. The zero-order chi connectivity index (χ0) is 31.3. The van der Waals surface area contributed by atoms with Crippen LogP contribution < -0.4 is 14.5 Å². The first kappa shape index (κ1) is 30.9. The third-order valence-corrected chi connectivity index (χ3v) is 8.41. The van der Waals surface area contributed by atoms with Crippen molar-refractivity contribution in [3.8, 4) is 5.75 Å². The summed E-state index contributed by atoms with van der Waals surface area (Å²) in [5.74, 6) is 1.97. The molecule has 1 N–H and O–H groups in total. The molecule has 0 bridgehead atoms. The third-order valence-electron chi connectivity index (χ3n) is 7.85. The van der Waals surface area contributed by atoms with Crippen LogP contribution in [0.15, 0.2) is 34.9 Å². The minimum absolute atomic E-state index is 0.0870. The van der Waals surface area contributed by atoms with Gasteiger partial charge in [0.1, 0.15) is 17.2 Å². The number of nitrogens with zero attached hydrogens (tertiary/aromatic N) is 6. The Bertz CT molecular complexity index is 1510. The third kappa shape index (κ3) is 5.98. The number of hydrogen-bond donors (Lipinski definition) is 1. The van der Waals surface area contributed by atoms with Crippen molar-refractivity contribution in [2.24, 2.45) is 5.41 Å². The highest BCUT2D eigenvalue weighted by atomic mass is 79.9. The molecule has 2 amide bonds. The fourth-order valence-electron chi connectivity index (χ4n) is 6.37. The number of hydrogen-bond acceptors (Lipinski definition) is 7. The van der Waals surface area contributed by atoms with E-state index in [1.54, 1.807) is 20.5 Å². The Hall–Kier alpha value is -3.54. The van der Waals surface area contributed by atoms with Crippen LogP contribution in [0.25, 0.3) is 5.65 Å². The molecule has 5 rings (SSSR count). The molecule has 0 radical (unpaired) electrons. The van der Waals surface area contributed by atoms with Crippen LogP contribution >= 0.6 is 15.9 Å². The summed E-state index contributed by atoms with van der Waals surface area (Å²) in [6.45, 7) is 15.4. The standard InChI is InChI=1S/C31H41BrN6O5/c1-8-42-20-13-11-19(12-14-20)37(29(41)43-31(5,6)7)27-21-15-17-35(25(21)34-26-22(32)18-33-38(26)27)23-10-9-16-36(28(39)40)24(23)30(2,3)4/h11-14,18,23-24H,8-10,15-17H2,1-7H3,(H,39,40)/t23?,24-/m1/s1. The molecule has 1 unspecified atom stereocenters. The van der Waals surface area contributed by atoms with Gasteiger partial charge in [-0.2, -0.15) is 9.61 Å². The Kier molecular flexibility index (Phi) is 8.28. The van der Waals surface area contributed by atoms with Gasteiger partial charge in [-0.3, -0.25) is 0 Å². The Morgan fingerprint density at radius 1 is 1.12 bits per heavy atom. The lowest BCUT2D eigenvalue weighted by Gasteiger charge is -2.50. The van der Waals surface area contributed by atoms with Gasteiger partial charge in [0.15, 0.2) is 11.5 Å². The number of aromatic nitrogens is 3. The van der Waals surface area contributed by atoms with Gasteiger partial charge in [0, 0.05) is 18.7 Å². The van der Waals surface area contributed by atoms with Crippen molar-refractivity contribution >= 4 is 51.1 Å². The molecule has 3 aromatic rings. The molecule has 2 aliphatic rings. The number of anilines is 3. The fourth-order valence-corrected chi connectivity index (χ4v) is 6.71. The molecule has 2 atom stereocenters. The van der Waals surface area contributed by atoms with Crippen LogP contribution in [-0.4, -0.2) is 74.2 Å². The average Bonchev–Trinajstić information content (AvgIpc) is 3.51. The molecular weight excluding hydrogens is 616 g/mol. The summed E-state index contributed by atoms with van der Waals surface area (Å²) in [5.41, 5.74) is 0.956. The minimum atomic E-state index is -0.904. The van der Waals surface area contributed by atoms with Gasteiger partial charge < -0.3 is 24.4 Å². The van der Waals surface area contributed by atoms with Crippen molar-refractivity contribution < 1.29 is 24.2 Å². The molecule has 0 aliphatic carbocycles. The number of likely N-dealkylation sites (tertiary alicyclic amines) is 1. The smallest absolute Gasteiger partial charge is 0.420 e. The van der Waals surface area contributed by atoms with Gasteiger partial charge in [0.2, 0.25) is 0 Å². The molecule has 2 aliphatic heterocycles. The Morgan fingerprint density at radius 2 is 1.81 bits per heavy atom. The molecule has 1 saturated heterocycles. The number of carbonyl (C=O) groups excluding carboxylic acids is 1. The van der Waals surface area contributed by atoms with E-state index in [2.05, 4.69) is 46.7 Å². The SMILES string of the molecule is CCOc1ccc(N(C(=O)OC(C)(C)C)c2c3c(nc4c(Br)cnn24)N(C2CCCN(C(=O)O)[C@H]2C(C)(C)C)CC3)cc1. The summed E-state index contributed by atoms with van der Waals surface area (Å²) in [4.78, 5) is 36.9. The highest BCUT2D eigenvalue weighted by molar-refractivity contribution is 9.10. The molecule has 2 aromatic heterocycles. The van der Waals surface area contributed by atoms with Gasteiger partial charge in [0.25, 0.3) is 0 Å². The summed E-state index contributed by atoms with van der Waals surface area (Å²) in [7, 11) is 0. The monoisotopic (exact) mass is 656 g/mol. The van der Waals surface area contributed by atoms with Crippen molar-refractivity contribution in [1.29, 1.82) is 0 Å². The number of carbonyl (C=O) groups is 2. The Morgan fingerprint density at radius 3 is 2.42 bits per heavy atom. The number of carboxylic acid groups (broad SMARTS) is 1. The van der Waals surface area contributed by atoms with Gasteiger partial charge in [-0.05, 0) is 92.6 Å². The molecule has 12 heteroatoms. The average molecular weight is 658 g/mol. The first-order valence-electron chi connectivity index (χ1n) is 14.8. The van der Waals surface area contributed by atoms with Gasteiger partial charge >= 0.3 is 12.2 Å². The van der Waals surface area contributed by atoms with E-state index in [0.29, 0.717) is 53.5 Å². The zero-order valence-corrected chi connectivity index (χ0v) is 27.5. The molecule has 11 nitrogen and oxygen atoms in total. The first-order chi connectivity index (χ1) is 20.2. The van der Waals surface area contributed by atoms with E-state index in [1.165, 1.54) is 0 Å². The van der Waals surface area contributed by atoms with Crippen LogP contribution in [-0.2, 0) is 11.2 Å². The second-order valence-electron chi connectivity index (χ2n) is 13.1. The van der Waals surface area contributed by atoms with Crippen molar-refractivity contribution in [3.63, 3.8) is 0 Å². The Labute approximate surface area is 260 Å². The van der Waals surface area contributed by atoms with E-state index in [9.17, 15) is 14.7 Å². The maximum Gasteiger partial charge on any atom is 0.420 e. The molecule has 0 saturated carbocycles. The number of rotatable bonds is 5. The van der Waals surface area contributed by atoms with Crippen LogP contribution in [0.4, 0.5) is 26.9 Å². The summed E-state index contributed by atoms with van der Waals surface area (Å²) in [6.07, 6.45) is 2.42. The first-order valence-corrected chi connectivity index (χ1v) is 15.6. The lowest BCUT2D eigenvalue weighted by atomic mass is 9.77. The predicted octanol–water partition coefficient (Wildman–Crippen LogP) is 6.88. The van der Waals surface area contributed by atoms with Crippen LogP contribution in [0.5, 0.6) is 5.75 Å². The summed E-state index contributed by atoms with van der Waals surface area (Å²) in [6, 6.07) is 7.00. The minimum Gasteiger partial charge on any atom is -0.494 e. The van der Waals surface area contributed by atoms with Gasteiger partial charge in [-0.15, -0.1) is 0 Å². The molecule has 1 aromatic carbocycles. The number of piperidine rings is 1. The molecule has 1 fully saturated rings. The molecule has 0 spiro atoms. The topological polar surface area (TPSA) is 113 Å². The van der Waals surface area contributed by atoms with E-state index in [0.717, 1.165) is 24.2 Å². The maximum absolute atomic E-state index is 14.0. The molecule has 4 heterocycles. The lowest BCUT2D eigenvalue weighted by molar-refractivity contribution is 0.0454. The van der Waals surface area contributed by atoms with Crippen molar-refractivity contribution in [3.05, 3.63) is 40.5 Å². The molecule has 43 heavy (non-hydrogen) atoms. The highest BCUT2D eigenvalue weighted by Crippen LogP contribution is 2.44. The quantitative estimate of drug-likeness (QED) is 0.316. The van der Waals surface area contributed by atoms with E-state index in [1.807, 2.05) is 52.0 Å². The van der Waals surface area contributed by atoms with E-state index in [4.69, 9.17) is 14.5 Å². The van der Waals surface area contributed by atoms with E-state index < -0.39 is 17.8 Å². The highest BCUT2D eigenvalue weighted by Gasteiger charge is 2.47. The Balaban J connectivity index is 1.70. The van der Waals surface area contributed by atoms with Crippen molar-refractivity contribution in [2.45, 2.75) is 85.4 Å². The van der Waals surface area contributed by atoms with Crippen LogP contribution in [0.2, 0.25) is 0 Å². The molecular formula is C31H41BrN6O5. The number of amides is 2. The largest absolute Gasteiger partial charge is 0.494 e. The summed E-state index contributed by atoms with van der Waals surface area (Å²) < 4.78 is 14.0. The van der Waals surface area contributed by atoms with Crippen LogP contribution in [0, 0.1) is 5.41 Å². The lowest BCUT2D eigenvalue weighted by Crippen LogP contribution is -2.61. The predicted molar refractivity (Wildman–Crippen MR) is 169 cm³/mol. The summed E-state index contributed by atoms with van der Waals surface area (Å²) >= 11 is 3.61. The molecule has 232 valence electrons. The number of halogens is 1.